The van der Waals surface area contributed by atoms with Gasteiger partial charge in [-0.05, 0) is 18.6 Å². The Kier molecular flexibility index (Phi) is 5.29. The summed E-state index contributed by atoms with van der Waals surface area (Å²) in [7, 11) is 0. The number of hydrogen-bond acceptors (Lipinski definition) is 5. The van der Waals surface area contributed by atoms with Gasteiger partial charge in [-0.15, -0.1) is 22.7 Å². The van der Waals surface area contributed by atoms with Crippen molar-refractivity contribution in [1.29, 1.82) is 0 Å². The largest absolute Gasteiger partial charge is 0.296 e. The number of thiophene rings is 1. The van der Waals surface area contributed by atoms with Crippen molar-refractivity contribution in [3.05, 3.63) is 37.4 Å². The second kappa shape index (κ2) is 7.20. The Hall–Kier alpha value is -0.460. The van der Waals surface area contributed by atoms with Crippen molar-refractivity contribution in [1.82, 2.24) is 14.8 Å². The molecule has 1 aliphatic heterocycles. The Labute approximate surface area is 139 Å². The quantitative estimate of drug-likeness (QED) is 0.825. The van der Waals surface area contributed by atoms with Gasteiger partial charge in [-0.1, -0.05) is 18.5 Å². The Morgan fingerprint density at radius 1 is 1.14 bits per heavy atom. The van der Waals surface area contributed by atoms with Gasteiger partial charge in [0, 0.05) is 49.5 Å². The van der Waals surface area contributed by atoms with E-state index in [1.807, 2.05) is 6.07 Å². The van der Waals surface area contributed by atoms with Crippen molar-refractivity contribution >= 4 is 34.3 Å². The van der Waals surface area contributed by atoms with Gasteiger partial charge in [0.1, 0.15) is 0 Å². The molecular formula is C15H20ClN3S2. The summed E-state index contributed by atoms with van der Waals surface area (Å²) in [4.78, 5) is 11.0. The normalized spacial score (nSPS) is 17.4. The van der Waals surface area contributed by atoms with Gasteiger partial charge in [0.15, 0.2) is 0 Å². The SMILES string of the molecule is CCc1nc(CN2CCN(Cc3ccc(Cl)s3)CC2)cs1. The van der Waals surface area contributed by atoms with E-state index in [1.54, 1.807) is 22.7 Å². The molecule has 0 bridgehead atoms. The summed E-state index contributed by atoms with van der Waals surface area (Å²) in [6.07, 6.45) is 1.04. The summed E-state index contributed by atoms with van der Waals surface area (Å²) in [6.45, 7) is 8.69. The van der Waals surface area contributed by atoms with Crippen LogP contribution >= 0.6 is 34.3 Å². The smallest absolute Gasteiger partial charge is 0.0931 e. The van der Waals surface area contributed by atoms with Crippen molar-refractivity contribution in [3.63, 3.8) is 0 Å². The molecule has 0 atom stereocenters. The van der Waals surface area contributed by atoms with Crippen LogP contribution < -0.4 is 0 Å². The van der Waals surface area contributed by atoms with Crippen molar-refractivity contribution < 1.29 is 0 Å². The molecule has 1 saturated heterocycles. The van der Waals surface area contributed by atoms with Crippen LogP contribution in [0.1, 0.15) is 22.5 Å². The third-order valence-corrected chi connectivity index (χ3v) is 6.02. The van der Waals surface area contributed by atoms with Gasteiger partial charge >= 0.3 is 0 Å². The average molecular weight is 342 g/mol. The van der Waals surface area contributed by atoms with Gasteiger partial charge in [0.25, 0.3) is 0 Å². The van der Waals surface area contributed by atoms with E-state index in [-0.39, 0.29) is 0 Å². The number of aromatic nitrogens is 1. The summed E-state index contributed by atoms with van der Waals surface area (Å²) in [5.74, 6) is 0. The lowest BCUT2D eigenvalue weighted by molar-refractivity contribution is 0.122. The summed E-state index contributed by atoms with van der Waals surface area (Å²) in [6, 6.07) is 4.13. The Morgan fingerprint density at radius 2 is 1.86 bits per heavy atom. The van der Waals surface area contributed by atoms with Gasteiger partial charge in [-0.25, -0.2) is 4.98 Å². The standard InChI is InChI=1S/C15H20ClN3S2/c1-2-15-17-12(11-20-15)9-18-5-7-19(8-6-18)10-13-3-4-14(16)21-13/h3-4,11H,2,5-10H2,1H3. The van der Waals surface area contributed by atoms with Crippen molar-refractivity contribution in [3.8, 4) is 0 Å². The van der Waals surface area contributed by atoms with Crippen LogP contribution in [-0.4, -0.2) is 41.0 Å². The summed E-state index contributed by atoms with van der Waals surface area (Å²) in [5.41, 5.74) is 1.23. The fourth-order valence-electron chi connectivity index (χ4n) is 2.58. The minimum atomic E-state index is 0.888. The number of thiazole rings is 1. The number of halogens is 1. The molecule has 0 aromatic carbocycles. The van der Waals surface area contributed by atoms with E-state index in [4.69, 9.17) is 11.6 Å². The zero-order valence-electron chi connectivity index (χ0n) is 12.2. The van der Waals surface area contributed by atoms with E-state index in [9.17, 15) is 0 Å². The summed E-state index contributed by atoms with van der Waals surface area (Å²) < 4.78 is 0.888. The van der Waals surface area contributed by atoms with Crippen molar-refractivity contribution in [2.45, 2.75) is 26.4 Å². The predicted molar refractivity (Wildman–Crippen MR) is 91.4 cm³/mol. The lowest BCUT2D eigenvalue weighted by Gasteiger charge is -2.34. The molecule has 2 aromatic heterocycles. The van der Waals surface area contributed by atoms with Crippen LogP contribution in [0.4, 0.5) is 0 Å². The fraction of sp³-hybridized carbons (Fsp3) is 0.533. The molecule has 0 aliphatic carbocycles. The highest BCUT2D eigenvalue weighted by atomic mass is 35.5. The lowest BCUT2D eigenvalue weighted by atomic mass is 10.3. The third-order valence-electron chi connectivity index (χ3n) is 3.76. The van der Waals surface area contributed by atoms with E-state index < -0.39 is 0 Å². The highest BCUT2D eigenvalue weighted by molar-refractivity contribution is 7.16. The first kappa shape index (κ1) is 15.4. The minimum absolute atomic E-state index is 0.888. The topological polar surface area (TPSA) is 19.4 Å². The van der Waals surface area contributed by atoms with Crippen LogP contribution in [0.2, 0.25) is 4.34 Å². The lowest BCUT2D eigenvalue weighted by Crippen LogP contribution is -2.45. The zero-order chi connectivity index (χ0) is 14.7. The van der Waals surface area contributed by atoms with Crippen LogP contribution in [-0.2, 0) is 19.5 Å². The minimum Gasteiger partial charge on any atom is -0.296 e. The molecule has 0 N–H and O–H groups in total. The Balaban J connectivity index is 1.46. The molecule has 3 heterocycles. The molecule has 3 rings (SSSR count). The average Bonchev–Trinajstić information content (AvgIpc) is 3.10. The molecule has 0 unspecified atom stereocenters. The number of nitrogens with zero attached hydrogens (tertiary/aromatic N) is 3. The van der Waals surface area contributed by atoms with E-state index in [0.717, 1.165) is 50.0 Å². The van der Waals surface area contributed by atoms with Crippen LogP contribution in [0.25, 0.3) is 0 Å². The second-order valence-electron chi connectivity index (χ2n) is 5.34. The van der Waals surface area contributed by atoms with Crippen LogP contribution in [0.5, 0.6) is 0 Å². The Bertz CT molecular complexity index is 573. The van der Waals surface area contributed by atoms with Crippen LogP contribution in [0.15, 0.2) is 17.5 Å². The first-order chi connectivity index (χ1) is 10.2. The van der Waals surface area contributed by atoms with Crippen molar-refractivity contribution in [2.24, 2.45) is 0 Å². The molecule has 1 aliphatic rings. The second-order valence-corrected chi connectivity index (χ2v) is 8.09. The van der Waals surface area contributed by atoms with E-state index in [2.05, 4.69) is 33.2 Å². The van der Waals surface area contributed by atoms with Gasteiger partial charge in [-0.2, -0.15) is 0 Å². The maximum absolute atomic E-state index is 5.99. The summed E-state index contributed by atoms with van der Waals surface area (Å²) in [5, 5.41) is 3.46. The van der Waals surface area contributed by atoms with Gasteiger partial charge in [0.2, 0.25) is 0 Å². The van der Waals surface area contributed by atoms with Gasteiger partial charge in [-0.3, -0.25) is 9.80 Å². The number of rotatable bonds is 5. The maximum atomic E-state index is 5.99. The Morgan fingerprint density at radius 3 is 2.43 bits per heavy atom. The molecule has 114 valence electrons. The zero-order valence-corrected chi connectivity index (χ0v) is 14.6. The highest BCUT2D eigenvalue weighted by Gasteiger charge is 2.18. The van der Waals surface area contributed by atoms with E-state index in [1.165, 1.54) is 15.6 Å². The van der Waals surface area contributed by atoms with Crippen LogP contribution in [0, 0.1) is 0 Å². The van der Waals surface area contributed by atoms with Gasteiger partial charge < -0.3 is 0 Å². The molecule has 1 fully saturated rings. The first-order valence-corrected chi connectivity index (χ1v) is 9.42. The van der Waals surface area contributed by atoms with Gasteiger partial charge in [0.05, 0.1) is 15.0 Å². The molecule has 0 saturated carbocycles. The van der Waals surface area contributed by atoms with Crippen LogP contribution in [0.3, 0.4) is 0 Å². The first-order valence-electron chi connectivity index (χ1n) is 7.35. The third kappa shape index (κ3) is 4.27. The molecule has 0 spiro atoms. The highest BCUT2D eigenvalue weighted by Crippen LogP contribution is 2.23. The molecule has 3 nitrogen and oxygen atoms in total. The van der Waals surface area contributed by atoms with E-state index in [0.29, 0.717) is 0 Å². The molecule has 0 radical (unpaired) electrons. The molecule has 21 heavy (non-hydrogen) atoms. The number of aryl methyl sites for hydroxylation is 1. The number of hydrogen-bond donors (Lipinski definition) is 0. The molecule has 6 heteroatoms. The summed E-state index contributed by atoms with van der Waals surface area (Å²) >= 11 is 9.47. The monoisotopic (exact) mass is 341 g/mol. The van der Waals surface area contributed by atoms with E-state index >= 15 is 0 Å². The molecular weight excluding hydrogens is 322 g/mol. The number of piperazine rings is 1. The predicted octanol–water partition coefficient (Wildman–Crippen LogP) is 3.74. The molecule has 2 aromatic rings. The fourth-order valence-corrected chi connectivity index (χ4v) is 4.44. The maximum Gasteiger partial charge on any atom is 0.0931 e. The van der Waals surface area contributed by atoms with Crippen molar-refractivity contribution in [2.75, 3.05) is 26.2 Å². The molecule has 0 amide bonds.